The average molecular weight is 298 g/mol. The third-order valence-electron chi connectivity index (χ3n) is 3.95. The van der Waals surface area contributed by atoms with Crippen LogP contribution in [0.1, 0.15) is 46.5 Å². The van der Waals surface area contributed by atoms with E-state index < -0.39 is 11.4 Å². The first-order valence-corrected chi connectivity index (χ1v) is 7.52. The zero-order valence-corrected chi connectivity index (χ0v) is 13.1. The zero-order chi connectivity index (χ0) is 16.0. The summed E-state index contributed by atoms with van der Waals surface area (Å²) in [5.41, 5.74) is -0.879. The van der Waals surface area contributed by atoms with Crippen LogP contribution in [0.5, 0.6) is 0 Å². The van der Waals surface area contributed by atoms with Crippen molar-refractivity contribution in [2.24, 2.45) is 11.3 Å². The third kappa shape index (κ3) is 5.36. The molecule has 1 saturated heterocycles. The van der Waals surface area contributed by atoms with Gasteiger partial charge in [0.15, 0.2) is 0 Å². The molecule has 0 aliphatic carbocycles. The van der Waals surface area contributed by atoms with E-state index in [-0.39, 0.29) is 24.9 Å². The van der Waals surface area contributed by atoms with Gasteiger partial charge in [-0.05, 0) is 32.1 Å². The number of nitrogens with one attached hydrogen (secondary N) is 1. The number of hydrogen-bond donors (Lipinski definition) is 2. The lowest BCUT2D eigenvalue weighted by atomic mass is 9.82. The molecular weight excluding hydrogens is 272 g/mol. The molecule has 1 rings (SSSR count). The molecule has 1 aliphatic rings. The van der Waals surface area contributed by atoms with Crippen molar-refractivity contribution >= 4 is 17.8 Å². The van der Waals surface area contributed by atoms with E-state index in [4.69, 9.17) is 0 Å². The van der Waals surface area contributed by atoms with E-state index in [1.165, 1.54) is 0 Å². The maximum atomic E-state index is 12.1. The number of likely N-dealkylation sites (tertiary alicyclic amines) is 1. The Morgan fingerprint density at radius 3 is 2.57 bits per heavy atom. The molecular formula is C15H26N2O4. The molecule has 0 saturated carbocycles. The summed E-state index contributed by atoms with van der Waals surface area (Å²) in [5.74, 6) is -0.763. The van der Waals surface area contributed by atoms with Crippen molar-refractivity contribution in [2.75, 3.05) is 19.6 Å². The van der Waals surface area contributed by atoms with Gasteiger partial charge in [0.25, 0.3) is 0 Å². The van der Waals surface area contributed by atoms with E-state index in [2.05, 4.69) is 5.32 Å². The lowest BCUT2D eigenvalue weighted by Gasteiger charge is -2.37. The molecule has 21 heavy (non-hydrogen) atoms. The standard InChI is InChI=1S/C15H26N2O4/c1-11(2)5-6-12(18)16-9-13(19)17-8-4-7-15(3,10-17)14(20)21/h11H,4-10H2,1-3H3,(H,16,18)(H,20,21). The first-order valence-electron chi connectivity index (χ1n) is 7.52. The van der Waals surface area contributed by atoms with Crippen LogP contribution in [-0.2, 0) is 14.4 Å². The summed E-state index contributed by atoms with van der Waals surface area (Å²) in [5, 5.41) is 11.8. The maximum Gasteiger partial charge on any atom is 0.311 e. The Balaban J connectivity index is 2.41. The number of amides is 2. The second-order valence-electron chi connectivity index (χ2n) is 6.49. The topological polar surface area (TPSA) is 86.7 Å². The van der Waals surface area contributed by atoms with Gasteiger partial charge in [0, 0.05) is 19.5 Å². The molecule has 1 atom stereocenters. The minimum atomic E-state index is -0.879. The van der Waals surface area contributed by atoms with Gasteiger partial charge in [0.05, 0.1) is 12.0 Å². The quantitative estimate of drug-likeness (QED) is 0.772. The van der Waals surface area contributed by atoms with E-state index in [0.29, 0.717) is 31.7 Å². The minimum absolute atomic E-state index is 0.0490. The smallest absolute Gasteiger partial charge is 0.311 e. The molecule has 1 aliphatic heterocycles. The summed E-state index contributed by atoms with van der Waals surface area (Å²) >= 11 is 0. The predicted octanol–water partition coefficient (Wildman–Crippen LogP) is 1.25. The first kappa shape index (κ1) is 17.5. The van der Waals surface area contributed by atoms with Crippen LogP contribution in [0.4, 0.5) is 0 Å². The number of piperidine rings is 1. The van der Waals surface area contributed by atoms with Crippen molar-refractivity contribution in [3.8, 4) is 0 Å². The highest BCUT2D eigenvalue weighted by molar-refractivity contribution is 5.85. The summed E-state index contributed by atoms with van der Waals surface area (Å²) in [6, 6.07) is 0. The molecule has 0 aromatic carbocycles. The number of nitrogens with zero attached hydrogens (tertiary/aromatic N) is 1. The van der Waals surface area contributed by atoms with Gasteiger partial charge in [-0.2, -0.15) is 0 Å². The number of hydrogen-bond acceptors (Lipinski definition) is 3. The largest absolute Gasteiger partial charge is 0.481 e. The SMILES string of the molecule is CC(C)CCC(=O)NCC(=O)N1CCCC(C)(C(=O)O)C1. The van der Waals surface area contributed by atoms with Crippen LogP contribution in [0.15, 0.2) is 0 Å². The Kier molecular flexibility index (Phi) is 6.18. The number of carboxylic acids is 1. The molecule has 1 unspecified atom stereocenters. The summed E-state index contributed by atoms with van der Waals surface area (Å²) < 4.78 is 0. The van der Waals surface area contributed by atoms with Gasteiger partial charge < -0.3 is 15.3 Å². The molecule has 2 N–H and O–H groups in total. The highest BCUT2D eigenvalue weighted by Gasteiger charge is 2.39. The number of rotatable bonds is 6. The van der Waals surface area contributed by atoms with Crippen LogP contribution in [0, 0.1) is 11.3 Å². The molecule has 6 heteroatoms. The average Bonchev–Trinajstić information content (AvgIpc) is 2.42. The van der Waals surface area contributed by atoms with Crippen molar-refractivity contribution in [3.05, 3.63) is 0 Å². The highest BCUT2D eigenvalue weighted by atomic mass is 16.4. The summed E-state index contributed by atoms with van der Waals surface area (Å²) in [6.45, 7) is 6.47. The lowest BCUT2D eigenvalue weighted by molar-refractivity contribution is -0.153. The van der Waals surface area contributed by atoms with Crippen molar-refractivity contribution in [3.63, 3.8) is 0 Å². The van der Waals surface area contributed by atoms with E-state index in [1.54, 1.807) is 11.8 Å². The van der Waals surface area contributed by atoms with E-state index >= 15 is 0 Å². The second kappa shape index (κ2) is 7.43. The Morgan fingerprint density at radius 1 is 1.33 bits per heavy atom. The molecule has 0 radical (unpaired) electrons. The summed E-state index contributed by atoms with van der Waals surface area (Å²) in [7, 11) is 0. The zero-order valence-electron chi connectivity index (χ0n) is 13.1. The van der Waals surface area contributed by atoms with Gasteiger partial charge in [-0.1, -0.05) is 13.8 Å². The molecule has 1 heterocycles. The molecule has 2 amide bonds. The predicted molar refractivity (Wildman–Crippen MR) is 78.6 cm³/mol. The fraction of sp³-hybridized carbons (Fsp3) is 0.800. The van der Waals surface area contributed by atoms with Crippen LogP contribution in [-0.4, -0.2) is 47.4 Å². The molecule has 1 fully saturated rings. The van der Waals surface area contributed by atoms with Crippen LogP contribution < -0.4 is 5.32 Å². The van der Waals surface area contributed by atoms with Crippen LogP contribution in [0.2, 0.25) is 0 Å². The first-order chi connectivity index (χ1) is 9.74. The summed E-state index contributed by atoms with van der Waals surface area (Å²) in [6.07, 6.45) is 2.46. The fourth-order valence-electron chi connectivity index (χ4n) is 2.42. The number of aliphatic carboxylic acids is 1. The molecule has 120 valence electrons. The molecule has 0 bridgehead atoms. The van der Waals surface area contributed by atoms with Crippen molar-refractivity contribution < 1.29 is 19.5 Å². The van der Waals surface area contributed by atoms with Gasteiger partial charge in [-0.25, -0.2) is 0 Å². The van der Waals surface area contributed by atoms with Crippen molar-refractivity contribution in [2.45, 2.75) is 46.5 Å². The second-order valence-corrected chi connectivity index (χ2v) is 6.49. The van der Waals surface area contributed by atoms with Gasteiger partial charge in [0.1, 0.15) is 0 Å². The van der Waals surface area contributed by atoms with Crippen molar-refractivity contribution in [1.82, 2.24) is 10.2 Å². The molecule has 6 nitrogen and oxygen atoms in total. The van der Waals surface area contributed by atoms with Crippen molar-refractivity contribution in [1.29, 1.82) is 0 Å². The number of carbonyl (C=O) groups is 3. The normalized spacial score (nSPS) is 22.2. The van der Waals surface area contributed by atoms with Gasteiger partial charge in [0.2, 0.25) is 11.8 Å². The Bertz CT molecular complexity index is 408. The molecule has 0 aromatic rings. The highest BCUT2D eigenvalue weighted by Crippen LogP contribution is 2.29. The van der Waals surface area contributed by atoms with E-state index in [1.807, 2.05) is 13.8 Å². The third-order valence-corrected chi connectivity index (χ3v) is 3.95. The Hall–Kier alpha value is -1.59. The number of carboxylic acid groups (broad SMARTS) is 1. The van der Waals surface area contributed by atoms with Gasteiger partial charge in [-0.15, -0.1) is 0 Å². The monoisotopic (exact) mass is 298 g/mol. The number of carbonyl (C=O) groups excluding carboxylic acids is 2. The molecule has 0 aromatic heterocycles. The van der Waals surface area contributed by atoms with Gasteiger partial charge in [-0.3, -0.25) is 14.4 Å². The van der Waals surface area contributed by atoms with Crippen LogP contribution in [0.3, 0.4) is 0 Å². The molecule has 0 spiro atoms. The lowest BCUT2D eigenvalue weighted by Crippen LogP contribution is -2.50. The summed E-state index contributed by atoms with van der Waals surface area (Å²) in [4.78, 5) is 36.5. The van der Waals surface area contributed by atoms with Crippen LogP contribution in [0.25, 0.3) is 0 Å². The fourth-order valence-corrected chi connectivity index (χ4v) is 2.42. The van der Waals surface area contributed by atoms with Crippen LogP contribution >= 0.6 is 0 Å². The Labute approximate surface area is 125 Å². The van der Waals surface area contributed by atoms with Gasteiger partial charge >= 0.3 is 5.97 Å². The minimum Gasteiger partial charge on any atom is -0.481 e. The maximum absolute atomic E-state index is 12.1. The van der Waals surface area contributed by atoms with E-state index in [9.17, 15) is 19.5 Å². The Morgan fingerprint density at radius 2 is 2.00 bits per heavy atom. The van der Waals surface area contributed by atoms with E-state index in [0.717, 1.165) is 6.42 Å².